The van der Waals surface area contributed by atoms with Gasteiger partial charge in [0.15, 0.2) is 13.1 Å². The van der Waals surface area contributed by atoms with Gasteiger partial charge in [-0.05, 0) is 117 Å². The first-order chi connectivity index (χ1) is 32.4. The molecule has 6 heterocycles. The van der Waals surface area contributed by atoms with Gasteiger partial charge >= 0.3 is 11.9 Å². The quantitative estimate of drug-likeness (QED) is 0.138. The minimum absolute atomic E-state index is 0. The first-order valence-corrected chi connectivity index (χ1v) is 27.9. The number of hydrogen-bond acceptors (Lipinski definition) is 4. The number of fused-ring (bicyclic) bond motifs is 13. The first kappa shape index (κ1) is 57.8. The average molecular weight is 1070 g/mol. The standard InChI is InChI=1S/C60H90N4O4.4ClH/c1-45(2)48-20-25-60(44-67-53(65)42-63-34-28-61(29-35-63,30-36-63)40-46-14-10-8-11-15-46)27-26-58(6)49(55(48)60)18-19-51-57(5)23-22-52(56(3,4)50(57)21-24-59(51,58)7)68-54(66)43-64-37-31-62(32-38-64,33-39-64)41-47-16-12-9-13-17-47;;;;/h8-17,48-52,55H,1,18-44H2,2-7H3;4*1H/q+4;;;;/p-4/t48-,49?,50?,51?,52-,55?,57-,58+,59+,60+,61?,62?,63?,64?;;;;/m0..../s1. The summed E-state index contributed by atoms with van der Waals surface area (Å²) in [6, 6.07) is 22.0. The predicted molar refractivity (Wildman–Crippen MR) is 269 cm³/mol. The van der Waals surface area contributed by atoms with Crippen molar-refractivity contribution in [1.29, 1.82) is 0 Å². The maximum Gasteiger partial charge on any atom is 0.362 e. The summed E-state index contributed by atoms with van der Waals surface area (Å²) in [5.74, 6) is 2.95. The Kier molecular flexibility index (Phi) is 16.7. The molecule has 2 aromatic carbocycles. The Morgan fingerprint density at radius 1 is 0.556 bits per heavy atom. The van der Waals surface area contributed by atoms with E-state index in [0.717, 1.165) is 120 Å². The lowest BCUT2D eigenvalue weighted by Crippen LogP contribution is -3.00. The highest BCUT2D eigenvalue weighted by molar-refractivity contribution is 5.71. The van der Waals surface area contributed by atoms with Crippen molar-refractivity contribution in [3.63, 3.8) is 0 Å². The van der Waals surface area contributed by atoms with E-state index < -0.39 is 0 Å². The lowest BCUT2D eigenvalue weighted by molar-refractivity contribution is -1.08. The van der Waals surface area contributed by atoms with Crippen LogP contribution >= 0.6 is 0 Å². The number of piperazine rings is 6. The van der Waals surface area contributed by atoms with Crippen LogP contribution in [-0.2, 0) is 32.2 Å². The molecular weight excluding hydrogens is 982 g/mol. The molecule has 0 spiro atoms. The number of hydrogen-bond donors (Lipinski definition) is 0. The lowest BCUT2D eigenvalue weighted by Gasteiger charge is -2.73. The zero-order chi connectivity index (χ0) is 47.4. The third-order valence-corrected chi connectivity index (χ3v) is 23.9. The van der Waals surface area contributed by atoms with E-state index >= 15 is 0 Å². The van der Waals surface area contributed by atoms with E-state index in [4.69, 9.17) is 9.47 Å². The number of allylic oxidation sites excluding steroid dienone is 1. The molecule has 6 aliphatic heterocycles. The molecule has 0 radical (unpaired) electrons. The van der Waals surface area contributed by atoms with Gasteiger partial charge in [0.1, 0.15) is 97.7 Å². The van der Waals surface area contributed by atoms with Crippen molar-refractivity contribution in [3.05, 3.63) is 83.9 Å². The molecular formula is C60H90Cl4N4O4. The van der Waals surface area contributed by atoms with E-state index in [1.54, 1.807) is 0 Å². The number of benzene rings is 2. The van der Waals surface area contributed by atoms with Crippen molar-refractivity contribution >= 4 is 11.9 Å². The highest BCUT2D eigenvalue weighted by Crippen LogP contribution is 2.77. The van der Waals surface area contributed by atoms with E-state index in [1.807, 2.05) is 0 Å². The Morgan fingerprint density at radius 2 is 1.06 bits per heavy atom. The second-order valence-corrected chi connectivity index (χ2v) is 27.2. The van der Waals surface area contributed by atoms with Crippen LogP contribution in [0.1, 0.15) is 117 Å². The van der Waals surface area contributed by atoms with Gasteiger partial charge in [-0.1, -0.05) is 107 Å². The molecule has 10 atom stereocenters. The van der Waals surface area contributed by atoms with Crippen LogP contribution in [0.25, 0.3) is 0 Å². The van der Waals surface area contributed by atoms with E-state index in [0.29, 0.717) is 49.3 Å². The average Bonchev–Trinajstić information content (AvgIpc) is 3.72. The minimum Gasteiger partial charge on any atom is -1.00 e. The highest BCUT2D eigenvalue weighted by atomic mass is 35.5. The molecule has 11 aliphatic rings. The van der Waals surface area contributed by atoms with E-state index in [9.17, 15) is 9.59 Å². The summed E-state index contributed by atoms with van der Waals surface area (Å²) >= 11 is 0. The van der Waals surface area contributed by atoms with Crippen LogP contribution in [-0.4, -0.2) is 134 Å². The van der Waals surface area contributed by atoms with Gasteiger partial charge < -0.3 is 77.0 Å². The van der Waals surface area contributed by atoms with E-state index in [-0.39, 0.29) is 94.7 Å². The SMILES string of the molecule is C=C(C)[C@@H]1CC[C@]2(COC(=O)C[N+]34CC[N+](Cc5ccccc5)(CC3)CC4)CC[C@]3(C)C(CCC4[C@@]5(C)CC[C@H](OC(=O)C[N+]67CC[N+](Cc8ccccc8)(CC6)CC7)C(C)(C)C5CC[C@]43C)C12.[Cl-].[Cl-].[Cl-].[Cl-]. The van der Waals surface area contributed by atoms with E-state index in [1.165, 1.54) is 70.6 Å². The topological polar surface area (TPSA) is 52.6 Å². The van der Waals surface area contributed by atoms with Gasteiger partial charge in [-0.25, -0.2) is 9.59 Å². The third-order valence-electron chi connectivity index (χ3n) is 23.9. The normalized spacial score (nSPS) is 42.8. The van der Waals surface area contributed by atoms with Gasteiger partial charge in [-0.15, -0.1) is 0 Å². The Bertz CT molecular complexity index is 2220. The van der Waals surface area contributed by atoms with Crippen molar-refractivity contribution in [2.24, 2.45) is 56.7 Å². The molecule has 0 N–H and O–H groups in total. The molecule has 11 fully saturated rings. The molecule has 13 rings (SSSR count). The Labute approximate surface area is 459 Å². The lowest BCUT2D eigenvalue weighted by atomic mass is 9.32. The van der Waals surface area contributed by atoms with Gasteiger partial charge in [0.05, 0.1) is 6.61 Å². The molecule has 2 aromatic rings. The van der Waals surface area contributed by atoms with Crippen molar-refractivity contribution in [2.45, 2.75) is 125 Å². The summed E-state index contributed by atoms with van der Waals surface area (Å²) in [7, 11) is 0. The Balaban J connectivity index is 0.00000190. The smallest absolute Gasteiger partial charge is 0.362 e. The molecule has 5 saturated carbocycles. The molecule has 0 amide bonds. The third kappa shape index (κ3) is 9.57. The largest absolute Gasteiger partial charge is 1.00 e. The van der Waals surface area contributed by atoms with Crippen LogP contribution in [0.4, 0.5) is 0 Å². The molecule has 5 aliphatic carbocycles. The zero-order valence-corrected chi connectivity index (χ0v) is 48.0. The zero-order valence-electron chi connectivity index (χ0n) is 45.0. The minimum atomic E-state index is -0.0622. The van der Waals surface area contributed by atoms with Gasteiger partial charge in [0.2, 0.25) is 0 Å². The summed E-state index contributed by atoms with van der Waals surface area (Å²) in [6.45, 7) is 37.5. The maximum atomic E-state index is 14.1. The molecule has 72 heavy (non-hydrogen) atoms. The molecule has 0 aromatic heterocycles. The number of carbonyl (C=O) groups is 2. The summed E-state index contributed by atoms with van der Waals surface area (Å²) in [5.41, 5.74) is 4.91. The van der Waals surface area contributed by atoms with Crippen molar-refractivity contribution in [3.8, 4) is 0 Å². The summed E-state index contributed by atoms with van der Waals surface area (Å²) in [4.78, 5) is 28.2. The van der Waals surface area contributed by atoms with E-state index in [2.05, 4.69) is 109 Å². The molecule has 6 saturated heterocycles. The summed E-state index contributed by atoms with van der Waals surface area (Å²) in [6.07, 6.45) is 11.9. The summed E-state index contributed by atoms with van der Waals surface area (Å²) in [5, 5.41) is 0. The molecule has 4 unspecified atom stereocenters. The molecule has 8 nitrogen and oxygen atoms in total. The van der Waals surface area contributed by atoms with Crippen LogP contribution in [0.3, 0.4) is 0 Å². The van der Waals surface area contributed by atoms with Gasteiger partial charge in [-0.3, -0.25) is 0 Å². The molecule has 4 bridgehead atoms. The van der Waals surface area contributed by atoms with Gasteiger partial charge in [-0.2, -0.15) is 0 Å². The number of nitrogens with zero attached hydrogens (tertiary/aromatic N) is 4. The second kappa shape index (κ2) is 20.8. The molecule has 402 valence electrons. The molecule has 12 heteroatoms. The van der Waals surface area contributed by atoms with Crippen LogP contribution in [0.2, 0.25) is 0 Å². The monoisotopic (exact) mass is 1070 g/mol. The Hall–Kier alpha value is -1.88. The number of esters is 2. The number of ether oxygens (including phenoxy) is 2. The van der Waals surface area contributed by atoms with Gasteiger partial charge in [0.25, 0.3) is 0 Å². The van der Waals surface area contributed by atoms with Crippen LogP contribution < -0.4 is 49.6 Å². The fourth-order valence-corrected chi connectivity index (χ4v) is 19.5. The number of rotatable bonds is 12. The number of quaternary nitrogens is 4. The number of halogens is 4. The van der Waals surface area contributed by atoms with Crippen LogP contribution in [0.15, 0.2) is 72.8 Å². The number of carbonyl (C=O) groups excluding carboxylic acids is 2. The van der Waals surface area contributed by atoms with Crippen molar-refractivity contribution in [2.75, 3.05) is 98.2 Å². The van der Waals surface area contributed by atoms with Gasteiger partial charge in [0, 0.05) is 22.0 Å². The second-order valence-electron chi connectivity index (χ2n) is 27.2. The van der Waals surface area contributed by atoms with Crippen molar-refractivity contribution < 1.29 is 86.6 Å². The van der Waals surface area contributed by atoms with Crippen LogP contribution in [0, 0.1) is 56.7 Å². The predicted octanol–water partition coefficient (Wildman–Crippen LogP) is -2.16. The Morgan fingerprint density at radius 3 is 1.57 bits per heavy atom. The van der Waals surface area contributed by atoms with Crippen LogP contribution in [0.5, 0.6) is 0 Å². The highest BCUT2D eigenvalue weighted by Gasteiger charge is 2.71. The van der Waals surface area contributed by atoms with Crippen molar-refractivity contribution in [1.82, 2.24) is 0 Å². The first-order valence-electron chi connectivity index (χ1n) is 27.9. The maximum absolute atomic E-state index is 14.1. The fourth-order valence-electron chi connectivity index (χ4n) is 19.5. The fraction of sp³-hybridized carbons (Fsp3) is 0.733. The summed E-state index contributed by atoms with van der Waals surface area (Å²) < 4.78 is 17.6.